The number of aromatic amines is 1. The Bertz CT molecular complexity index is 1640. The van der Waals surface area contributed by atoms with E-state index in [4.69, 9.17) is 5.73 Å². The van der Waals surface area contributed by atoms with Crippen molar-refractivity contribution < 1.29 is 19.2 Å². The van der Waals surface area contributed by atoms with Crippen LogP contribution in [0.3, 0.4) is 0 Å². The summed E-state index contributed by atoms with van der Waals surface area (Å²) >= 11 is 0. The van der Waals surface area contributed by atoms with Crippen molar-refractivity contribution in [3.8, 4) is 0 Å². The molecule has 1 aliphatic rings. The first kappa shape index (κ1) is 24.0. The molecule has 5 rings (SSSR count). The number of anilines is 2. The van der Waals surface area contributed by atoms with Gasteiger partial charge in [-0.15, -0.1) is 0 Å². The molecule has 2 aromatic heterocycles. The lowest BCUT2D eigenvalue weighted by molar-refractivity contribution is -0.123. The molecule has 2 aromatic carbocycles. The summed E-state index contributed by atoms with van der Waals surface area (Å²) in [5.74, 6) is -1.45. The molecule has 0 saturated heterocycles. The summed E-state index contributed by atoms with van der Waals surface area (Å²) in [5.41, 5.74) is 10.1. The van der Waals surface area contributed by atoms with Crippen LogP contribution >= 0.6 is 0 Å². The van der Waals surface area contributed by atoms with Gasteiger partial charge in [-0.2, -0.15) is 0 Å². The number of aryl methyl sites for hydroxylation is 1. The van der Waals surface area contributed by atoms with E-state index in [0.717, 1.165) is 22.8 Å². The smallest absolute Gasteiger partial charge is 0.259 e. The first-order valence-corrected chi connectivity index (χ1v) is 11.9. The fraction of sp³-hybridized carbons (Fsp3) is 0.185. The van der Waals surface area contributed by atoms with Crippen LogP contribution in [0.15, 0.2) is 48.8 Å². The molecule has 188 valence electrons. The number of imide groups is 1. The summed E-state index contributed by atoms with van der Waals surface area (Å²) < 4.78 is 2.00. The molecule has 0 aliphatic carbocycles. The van der Waals surface area contributed by atoms with E-state index in [9.17, 15) is 19.2 Å². The number of hydrogen-bond acceptors (Lipinski definition) is 5. The summed E-state index contributed by atoms with van der Waals surface area (Å²) in [6.07, 6.45) is 4.26. The minimum Gasteiger partial charge on any atom is -0.361 e. The van der Waals surface area contributed by atoms with Gasteiger partial charge >= 0.3 is 0 Å². The number of aromatic nitrogens is 2. The van der Waals surface area contributed by atoms with Crippen LogP contribution < -0.4 is 21.7 Å². The van der Waals surface area contributed by atoms with Crippen LogP contribution in [0.25, 0.3) is 33.0 Å². The van der Waals surface area contributed by atoms with Gasteiger partial charge in [-0.25, -0.2) is 0 Å². The third-order valence-electron chi connectivity index (χ3n) is 6.28. The maximum absolute atomic E-state index is 13.2. The zero-order chi connectivity index (χ0) is 26.3. The third-order valence-corrected chi connectivity index (χ3v) is 6.28. The molecule has 0 spiro atoms. The predicted octanol–water partition coefficient (Wildman–Crippen LogP) is 2.96. The van der Waals surface area contributed by atoms with Crippen molar-refractivity contribution in [1.29, 1.82) is 0 Å². The van der Waals surface area contributed by atoms with Gasteiger partial charge < -0.3 is 25.9 Å². The summed E-state index contributed by atoms with van der Waals surface area (Å²) in [5, 5.41) is 9.39. The Morgan fingerprint density at radius 1 is 0.892 bits per heavy atom. The molecule has 1 aliphatic heterocycles. The summed E-state index contributed by atoms with van der Waals surface area (Å²) in [6.45, 7) is 3.96. The lowest BCUT2D eigenvalue weighted by Crippen LogP contribution is -2.22. The average Bonchev–Trinajstić information content (AvgIpc) is 3.49. The van der Waals surface area contributed by atoms with E-state index in [0.29, 0.717) is 41.0 Å². The highest BCUT2D eigenvalue weighted by Gasteiger charge is 2.35. The first-order chi connectivity index (χ1) is 17.8. The Morgan fingerprint density at radius 3 is 2.16 bits per heavy atom. The van der Waals surface area contributed by atoms with E-state index in [1.807, 2.05) is 16.8 Å². The zero-order valence-electron chi connectivity index (χ0n) is 20.4. The lowest BCUT2D eigenvalue weighted by Gasteiger charge is -2.06. The van der Waals surface area contributed by atoms with Crippen LogP contribution in [0.5, 0.6) is 0 Å². The van der Waals surface area contributed by atoms with E-state index in [2.05, 4.69) is 20.9 Å². The van der Waals surface area contributed by atoms with Gasteiger partial charge in [0.25, 0.3) is 11.8 Å². The number of amides is 4. The van der Waals surface area contributed by atoms with E-state index < -0.39 is 11.8 Å². The second-order valence-electron chi connectivity index (χ2n) is 8.97. The number of hydrogen-bond donors (Lipinski definition) is 5. The van der Waals surface area contributed by atoms with Crippen molar-refractivity contribution in [3.63, 3.8) is 0 Å². The van der Waals surface area contributed by atoms with Crippen LogP contribution in [-0.2, 0) is 25.7 Å². The molecule has 0 radical (unpaired) electrons. The number of fused-ring (bicyclic) bond motifs is 2. The molecule has 0 fully saturated rings. The monoisotopic (exact) mass is 498 g/mol. The number of rotatable bonds is 7. The number of carbonyl (C=O) groups is 4. The lowest BCUT2D eigenvalue weighted by atomic mass is 9.95. The number of carbonyl (C=O) groups excluding carboxylic acids is 4. The molecular weight excluding hydrogens is 472 g/mol. The van der Waals surface area contributed by atoms with Gasteiger partial charge in [0, 0.05) is 77.1 Å². The summed E-state index contributed by atoms with van der Waals surface area (Å²) in [7, 11) is 0. The van der Waals surface area contributed by atoms with Gasteiger partial charge in [0.2, 0.25) is 11.8 Å². The molecule has 10 nitrogen and oxygen atoms in total. The Hall–Kier alpha value is -4.70. The SMILES string of the molecule is CC(=O)Nc1ccc2[nH]cc(C3=C(c4cn(CCCN)c5ccc(NC(C)=O)cc45)C(=O)NC3=O)c2c1. The fourth-order valence-corrected chi connectivity index (χ4v) is 4.80. The minimum absolute atomic E-state index is 0.217. The Morgan fingerprint density at radius 2 is 1.51 bits per heavy atom. The summed E-state index contributed by atoms with van der Waals surface area (Å²) in [6, 6.07) is 10.8. The van der Waals surface area contributed by atoms with Crippen LogP contribution in [0.1, 0.15) is 31.4 Å². The molecule has 0 atom stereocenters. The van der Waals surface area contributed by atoms with Crippen molar-refractivity contribution in [2.75, 3.05) is 17.2 Å². The van der Waals surface area contributed by atoms with Gasteiger partial charge in [0.05, 0.1) is 11.1 Å². The van der Waals surface area contributed by atoms with Gasteiger partial charge in [0.15, 0.2) is 0 Å². The number of benzene rings is 2. The van der Waals surface area contributed by atoms with Crippen molar-refractivity contribution in [2.24, 2.45) is 5.73 Å². The Balaban J connectivity index is 1.75. The molecule has 4 amide bonds. The Labute approximate surface area is 211 Å². The number of nitrogens with two attached hydrogens (primary N) is 1. The molecule has 37 heavy (non-hydrogen) atoms. The second kappa shape index (κ2) is 9.40. The molecule has 0 saturated carbocycles. The second-order valence-corrected chi connectivity index (χ2v) is 8.97. The average molecular weight is 499 g/mol. The van der Waals surface area contributed by atoms with Crippen LogP contribution in [0.4, 0.5) is 11.4 Å². The van der Waals surface area contributed by atoms with E-state index in [-0.39, 0.29) is 23.0 Å². The molecule has 0 bridgehead atoms. The normalized spacial score (nSPS) is 13.5. The maximum Gasteiger partial charge on any atom is 0.259 e. The highest BCUT2D eigenvalue weighted by molar-refractivity contribution is 6.50. The van der Waals surface area contributed by atoms with E-state index >= 15 is 0 Å². The highest BCUT2D eigenvalue weighted by atomic mass is 16.2. The third kappa shape index (κ3) is 4.38. The standard InChI is InChI=1S/C27H26N6O4/c1-14(34)30-16-4-6-22-18(10-16)20(12-29-22)24-25(27(37)32-26(24)36)21-13-33(9-3-8-28)23-7-5-17(11-19(21)23)31-15(2)35/h4-7,10-13,29H,3,8-9,28H2,1-2H3,(H,30,34)(H,31,35)(H,32,36,37). The van der Waals surface area contributed by atoms with Gasteiger partial charge in [-0.1, -0.05) is 0 Å². The van der Waals surface area contributed by atoms with Crippen LogP contribution in [-0.4, -0.2) is 39.7 Å². The van der Waals surface area contributed by atoms with Crippen LogP contribution in [0, 0.1) is 0 Å². The van der Waals surface area contributed by atoms with Crippen molar-refractivity contribution >= 4 is 68.0 Å². The molecular formula is C27H26N6O4. The number of nitrogens with zero attached hydrogens (tertiary/aromatic N) is 1. The highest BCUT2D eigenvalue weighted by Crippen LogP contribution is 2.39. The molecule has 10 heteroatoms. The maximum atomic E-state index is 13.2. The Kier molecular flexibility index (Phi) is 6.10. The van der Waals surface area contributed by atoms with Crippen molar-refractivity contribution in [1.82, 2.24) is 14.9 Å². The quantitative estimate of drug-likeness (QED) is 0.248. The van der Waals surface area contributed by atoms with Crippen LogP contribution in [0.2, 0.25) is 0 Å². The molecule has 0 unspecified atom stereocenters. The first-order valence-electron chi connectivity index (χ1n) is 11.9. The topological polar surface area (TPSA) is 151 Å². The zero-order valence-corrected chi connectivity index (χ0v) is 20.4. The summed E-state index contributed by atoms with van der Waals surface area (Å²) in [4.78, 5) is 52.8. The molecule has 3 heterocycles. The fourth-order valence-electron chi connectivity index (χ4n) is 4.80. The molecule has 4 aromatic rings. The largest absolute Gasteiger partial charge is 0.361 e. The van der Waals surface area contributed by atoms with E-state index in [1.165, 1.54) is 13.8 Å². The van der Waals surface area contributed by atoms with Gasteiger partial charge in [0.1, 0.15) is 0 Å². The number of nitrogens with one attached hydrogen (secondary N) is 4. The number of H-pyrrole nitrogens is 1. The minimum atomic E-state index is -0.508. The predicted molar refractivity (Wildman–Crippen MR) is 142 cm³/mol. The van der Waals surface area contributed by atoms with Crippen molar-refractivity contribution in [2.45, 2.75) is 26.8 Å². The molecule has 6 N–H and O–H groups in total. The van der Waals surface area contributed by atoms with Crippen molar-refractivity contribution in [3.05, 3.63) is 59.9 Å². The van der Waals surface area contributed by atoms with Gasteiger partial charge in [-0.05, 0) is 49.4 Å². The van der Waals surface area contributed by atoms with E-state index in [1.54, 1.807) is 36.5 Å². The van der Waals surface area contributed by atoms with Gasteiger partial charge in [-0.3, -0.25) is 24.5 Å².